The number of amides is 1. The Morgan fingerprint density at radius 1 is 1.03 bits per heavy atom. The predicted octanol–water partition coefficient (Wildman–Crippen LogP) is 3.62. The van der Waals surface area contributed by atoms with Crippen LogP contribution in [0.2, 0.25) is 0 Å². The van der Waals surface area contributed by atoms with Crippen molar-refractivity contribution < 1.29 is 19.0 Å². The van der Waals surface area contributed by atoms with Crippen LogP contribution in [-0.2, 0) is 0 Å². The van der Waals surface area contributed by atoms with Crippen LogP contribution in [0, 0.1) is 0 Å². The highest BCUT2D eigenvalue weighted by atomic mass is 16.5. The minimum absolute atomic E-state index is 0.221. The van der Waals surface area contributed by atoms with Gasteiger partial charge in [0.05, 0.1) is 37.6 Å². The molecule has 0 saturated carbocycles. The fourth-order valence-electron chi connectivity index (χ4n) is 3.46. The summed E-state index contributed by atoms with van der Waals surface area (Å²) in [7, 11) is 3.14. The number of benzene rings is 2. The molecule has 0 unspecified atom stereocenters. The van der Waals surface area contributed by atoms with Crippen molar-refractivity contribution in [3.63, 3.8) is 0 Å². The van der Waals surface area contributed by atoms with Gasteiger partial charge in [-0.2, -0.15) is 5.10 Å². The van der Waals surface area contributed by atoms with Gasteiger partial charge in [0.15, 0.2) is 5.82 Å². The first kappa shape index (κ1) is 22.1. The maximum Gasteiger partial charge on any atom is 0.275 e. The Morgan fingerprint density at radius 2 is 1.82 bits per heavy atom. The van der Waals surface area contributed by atoms with Crippen LogP contribution >= 0.6 is 0 Å². The first-order valence-corrected chi connectivity index (χ1v) is 10.5. The third-order valence-corrected chi connectivity index (χ3v) is 5.03. The molecule has 170 valence electrons. The topological polar surface area (TPSA) is 124 Å². The van der Waals surface area contributed by atoms with Crippen molar-refractivity contribution in [2.75, 3.05) is 32.7 Å². The zero-order valence-corrected chi connectivity index (χ0v) is 18.4. The number of H-pyrrole nitrogens is 1. The third kappa shape index (κ3) is 4.73. The molecule has 4 aromatic rings. The molecule has 2 aromatic carbocycles. The molecule has 4 N–H and O–H groups in total. The summed E-state index contributed by atoms with van der Waals surface area (Å²) in [6, 6.07) is 16.3. The molecule has 0 spiro atoms. The van der Waals surface area contributed by atoms with Gasteiger partial charge in [-0.25, -0.2) is 4.98 Å². The van der Waals surface area contributed by atoms with Gasteiger partial charge in [-0.1, -0.05) is 18.2 Å². The molecule has 0 radical (unpaired) electrons. The van der Waals surface area contributed by atoms with E-state index in [0.717, 1.165) is 11.8 Å². The number of para-hydroxylation sites is 1. The first-order chi connectivity index (χ1) is 16.1. The van der Waals surface area contributed by atoms with Crippen LogP contribution in [-0.4, -0.2) is 48.5 Å². The molecule has 0 aliphatic heterocycles. The molecule has 9 heteroatoms. The molecule has 0 saturated heterocycles. The summed E-state index contributed by atoms with van der Waals surface area (Å²) < 4.78 is 16.8. The summed E-state index contributed by atoms with van der Waals surface area (Å²) >= 11 is 0. The molecule has 2 heterocycles. The Bertz CT molecular complexity index is 1270. The van der Waals surface area contributed by atoms with Crippen LogP contribution in [0.1, 0.15) is 16.9 Å². The number of nitrogens with zero attached hydrogens (tertiary/aromatic N) is 2. The van der Waals surface area contributed by atoms with Crippen LogP contribution in [0.15, 0.2) is 54.6 Å². The second kappa shape index (κ2) is 10.0. The van der Waals surface area contributed by atoms with E-state index in [1.54, 1.807) is 26.4 Å². The van der Waals surface area contributed by atoms with Crippen LogP contribution in [0.25, 0.3) is 22.2 Å². The molecule has 4 rings (SSSR count). The van der Waals surface area contributed by atoms with Crippen LogP contribution in [0.5, 0.6) is 17.2 Å². The Hall–Kier alpha value is -4.11. The van der Waals surface area contributed by atoms with Crippen molar-refractivity contribution >= 4 is 22.6 Å². The Labute approximate surface area is 190 Å². The first-order valence-electron chi connectivity index (χ1n) is 10.5. The molecule has 1 amide bonds. The smallest absolute Gasteiger partial charge is 0.275 e. The highest BCUT2D eigenvalue weighted by Crippen LogP contribution is 2.38. The fourth-order valence-corrected chi connectivity index (χ4v) is 3.46. The third-order valence-electron chi connectivity index (χ3n) is 5.03. The van der Waals surface area contributed by atoms with E-state index in [2.05, 4.69) is 20.5 Å². The van der Waals surface area contributed by atoms with Crippen molar-refractivity contribution in [1.29, 1.82) is 0 Å². The van der Waals surface area contributed by atoms with E-state index in [1.807, 2.05) is 42.5 Å². The quantitative estimate of drug-likeness (QED) is 0.335. The monoisotopic (exact) mass is 447 g/mol. The summed E-state index contributed by atoms with van der Waals surface area (Å²) in [5.74, 6) is 1.74. The van der Waals surface area contributed by atoms with Crippen molar-refractivity contribution in [2.45, 2.75) is 6.42 Å². The molecule has 0 fully saturated rings. The lowest BCUT2D eigenvalue weighted by Crippen LogP contribution is -2.14. The van der Waals surface area contributed by atoms with Gasteiger partial charge >= 0.3 is 0 Å². The number of hydrogen-bond acceptors (Lipinski definition) is 7. The molecular weight excluding hydrogens is 422 g/mol. The van der Waals surface area contributed by atoms with Gasteiger partial charge in [-0.05, 0) is 37.2 Å². The minimum Gasteiger partial charge on any atom is -0.496 e. The summed E-state index contributed by atoms with van der Waals surface area (Å²) in [4.78, 5) is 17.3. The lowest BCUT2D eigenvalue weighted by atomic mass is 10.1. The number of pyridine rings is 1. The summed E-state index contributed by atoms with van der Waals surface area (Å²) in [5, 5.41) is 10.8. The molecule has 9 nitrogen and oxygen atoms in total. The Kier molecular flexibility index (Phi) is 6.70. The summed E-state index contributed by atoms with van der Waals surface area (Å²) in [5.41, 5.74) is 7.79. The molecule has 0 atom stereocenters. The van der Waals surface area contributed by atoms with Crippen molar-refractivity contribution in [3.05, 3.63) is 60.3 Å². The molecule has 0 aliphatic carbocycles. The molecular formula is C24H25N5O4. The normalized spacial score (nSPS) is 10.8. The Balaban J connectivity index is 1.60. The van der Waals surface area contributed by atoms with Gasteiger partial charge in [0, 0.05) is 17.5 Å². The van der Waals surface area contributed by atoms with Crippen LogP contribution < -0.4 is 25.3 Å². The number of methoxy groups -OCH3 is 2. The number of hydrogen-bond donors (Lipinski definition) is 3. The standard InChI is InChI=1S/C24H25N5O4/c1-31-19-9-5-10-20(33-12-6-11-25)23(19)17-14-22(29-28-17)27-24(30)18-13-21(32-2)15-7-3-4-8-16(15)26-18/h3-5,7-10,13-14H,6,11-12,25H2,1-2H3,(H2,27,28,29,30). The van der Waals surface area contributed by atoms with E-state index < -0.39 is 5.91 Å². The van der Waals surface area contributed by atoms with Gasteiger partial charge < -0.3 is 25.3 Å². The molecule has 0 aliphatic rings. The van der Waals surface area contributed by atoms with E-state index in [1.165, 1.54) is 0 Å². The second-order valence-electron chi connectivity index (χ2n) is 7.17. The molecule has 33 heavy (non-hydrogen) atoms. The number of carbonyl (C=O) groups excluding carboxylic acids is 1. The van der Waals surface area contributed by atoms with Gasteiger partial charge in [-0.15, -0.1) is 0 Å². The largest absolute Gasteiger partial charge is 0.496 e. The number of aromatic nitrogens is 3. The lowest BCUT2D eigenvalue weighted by Gasteiger charge is -2.13. The highest BCUT2D eigenvalue weighted by Gasteiger charge is 2.18. The zero-order chi connectivity index (χ0) is 23.2. The zero-order valence-electron chi connectivity index (χ0n) is 18.4. The second-order valence-corrected chi connectivity index (χ2v) is 7.17. The van der Waals surface area contributed by atoms with Gasteiger partial charge in [0.2, 0.25) is 0 Å². The van der Waals surface area contributed by atoms with Crippen molar-refractivity contribution in [2.24, 2.45) is 5.73 Å². The number of carbonyl (C=O) groups is 1. The van der Waals surface area contributed by atoms with E-state index in [-0.39, 0.29) is 5.69 Å². The number of rotatable bonds is 9. The predicted molar refractivity (Wildman–Crippen MR) is 126 cm³/mol. The van der Waals surface area contributed by atoms with E-state index >= 15 is 0 Å². The highest BCUT2D eigenvalue weighted by molar-refractivity contribution is 6.04. The van der Waals surface area contributed by atoms with Crippen LogP contribution in [0.3, 0.4) is 0 Å². The van der Waals surface area contributed by atoms with Gasteiger partial charge in [-0.3, -0.25) is 9.89 Å². The number of nitrogens with two attached hydrogens (primary N) is 1. The van der Waals surface area contributed by atoms with E-state index in [0.29, 0.717) is 53.0 Å². The number of anilines is 1. The maximum atomic E-state index is 12.9. The SMILES string of the molecule is COc1cccc(OCCCN)c1-c1cc(NC(=O)c2cc(OC)c3ccccc3n2)n[nH]1. The van der Waals surface area contributed by atoms with E-state index in [9.17, 15) is 4.79 Å². The number of ether oxygens (including phenoxy) is 3. The average Bonchev–Trinajstić information content (AvgIpc) is 3.31. The van der Waals surface area contributed by atoms with Gasteiger partial charge in [0.1, 0.15) is 22.9 Å². The number of fused-ring (bicyclic) bond motifs is 1. The van der Waals surface area contributed by atoms with E-state index in [4.69, 9.17) is 19.9 Å². The average molecular weight is 447 g/mol. The maximum absolute atomic E-state index is 12.9. The molecule has 2 aromatic heterocycles. The number of nitrogens with one attached hydrogen (secondary N) is 2. The van der Waals surface area contributed by atoms with Crippen molar-refractivity contribution in [3.8, 4) is 28.5 Å². The molecule has 0 bridgehead atoms. The van der Waals surface area contributed by atoms with Gasteiger partial charge in [0.25, 0.3) is 5.91 Å². The lowest BCUT2D eigenvalue weighted by molar-refractivity contribution is 0.102. The summed E-state index contributed by atoms with van der Waals surface area (Å²) in [6.45, 7) is 1.01. The van der Waals surface area contributed by atoms with Crippen LogP contribution in [0.4, 0.5) is 5.82 Å². The Morgan fingerprint density at radius 3 is 2.61 bits per heavy atom. The van der Waals surface area contributed by atoms with Crippen molar-refractivity contribution in [1.82, 2.24) is 15.2 Å². The minimum atomic E-state index is -0.406. The fraction of sp³-hybridized carbons (Fsp3) is 0.208. The summed E-state index contributed by atoms with van der Waals surface area (Å²) in [6.07, 6.45) is 0.725. The number of aromatic amines is 1.